The van der Waals surface area contributed by atoms with Gasteiger partial charge in [0, 0.05) is 22.0 Å². The van der Waals surface area contributed by atoms with Crippen LogP contribution in [0.15, 0.2) is 28.9 Å². The number of methoxy groups -OCH3 is 1. The fourth-order valence-corrected chi connectivity index (χ4v) is 4.07. The number of rotatable bonds is 4. The van der Waals surface area contributed by atoms with Gasteiger partial charge in [-0.2, -0.15) is 5.10 Å². The van der Waals surface area contributed by atoms with E-state index < -0.39 is 5.97 Å². The molecule has 2 aromatic heterocycles. The van der Waals surface area contributed by atoms with Gasteiger partial charge in [0.15, 0.2) is 0 Å². The van der Waals surface area contributed by atoms with Gasteiger partial charge in [-0.1, -0.05) is 11.6 Å². The monoisotopic (exact) mass is 441 g/mol. The molecule has 0 spiro atoms. The van der Waals surface area contributed by atoms with Crippen LogP contribution in [0.5, 0.6) is 0 Å². The number of aromatic nitrogens is 2. The van der Waals surface area contributed by atoms with E-state index in [-0.39, 0.29) is 12.5 Å². The molecular weight excluding hydrogens is 430 g/mol. The number of carbonyl (C=O) groups excluding carboxylic acids is 2. The van der Waals surface area contributed by atoms with Gasteiger partial charge < -0.3 is 10.1 Å². The average Bonchev–Trinajstić information content (AvgIpc) is 3.06. The topological polar surface area (TPSA) is 73.2 Å². The molecule has 0 fully saturated rings. The molecule has 0 aliphatic rings. The Labute approximate surface area is 160 Å². The van der Waals surface area contributed by atoms with Crippen molar-refractivity contribution in [3.8, 4) is 0 Å². The summed E-state index contributed by atoms with van der Waals surface area (Å²) in [4.78, 5) is 24.2. The smallest absolute Gasteiger partial charge is 0.349 e. The number of carbonyl (C=O) groups is 2. The number of esters is 1. The van der Waals surface area contributed by atoms with Crippen molar-refractivity contribution in [3.05, 3.63) is 44.5 Å². The normalized spacial score (nSPS) is 10.9. The van der Waals surface area contributed by atoms with E-state index in [2.05, 4.69) is 26.3 Å². The molecule has 9 heteroatoms. The molecule has 0 unspecified atom stereocenters. The lowest BCUT2D eigenvalue weighted by Gasteiger charge is -2.05. The third kappa shape index (κ3) is 3.70. The standard InChI is InChI=1S/C16H13BrClN3O3S/c1-8-11(17)6-21(20-8)7-13(22)19-9-3-4-10-12(5-9)25-15(14(10)18)16(23)24-2/h3-6H,7H2,1-2H3,(H,19,22). The van der Waals surface area contributed by atoms with Crippen molar-refractivity contribution in [1.29, 1.82) is 0 Å². The van der Waals surface area contributed by atoms with Crippen LogP contribution in [0, 0.1) is 6.92 Å². The third-order valence-corrected chi connectivity index (χ3v) is 5.89. The molecule has 3 aromatic rings. The van der Waals surface area contributed by atoms with Crippen molar-refractivity contribution in [1.82, 2.24) is 9.78 Å². The Hall–Kier alpha value is -1.90. The fraction of sp³-hybridized carbons (Fsp3) is 0.188. The van der Waals surface area contributed by atoms with Crippen molar-refractivity contribution < 1.29 is 14.3 Å². The van der Waals surface area contributed by atoms with E-state index in [0.29, 0.717) is 15.6 Å². The predicted octanol–water partition coefficient (Wildman–Crippen LogP) is 4.25. The molecule has 1 amide bonds. The Morgan fingerprint density at radius 1 is 1.44 bits per heavy atom. The second kappa shape index (κ2) is 7.15. The molecule has 2 heterocycles. The molecule has 6 nitrogen and oxygen atoms in total. The maximum atomic E-state index is 12.2. The highest BCUT2D eigenvalue weighted by atomic mass is 79.9. The minimum atomic E-state index is -0.476. The fourth-order valence-electron chi connectivity index (χ4n) is 2.29. The Morgan fingerprint density at radius 2 is 2.20 bits per heavy atom. The van der Waals surface area contributed by atoms with Crippen molar-refractivity contribution >= 4 is 66.5 Å². The van der Waals surface area contributed by atoms with Crippen LogP contribution < -0.4 is 5.32 Å². The van der Waals surface area contributed by atoms with Gasteiger partial charge in [0.1, 0.15) is 11.4 Å². The summed E-state index contributed by atoms with van der Waals surface area (Å²) < 4.78 is 7.93. The van der Waals surface area contributed by atoms with Gasteiger partial charge in [0.05, 0.1) is 22.3 Å². The second-order valence-electron chi connectivity index (χ2n) is 5.26. The summed E-state index contributed by atoms with van der Waals surface area (Å²) in [7, 11) is 1.31. The number of benzene rings is 1. The quantitative estimate of drug-likeness (QED) is 0.613. The molecule has 0 saturated carbocycles. The first-order valence-corrected chi connectivity index (χ1v) is 9.17. The molecule has 0 bridgehead atoms. The van der Waals surface area contributed by atoms with Crippen molar-refractivity contribution in [2.75, 3.05) is 12.4 Å². The van der Waals surface area contributed by atoms with Gasteiger partial charge in [-0.3, -0.25) is 9.48 Å². The number of amides is 1. The molecule has 0 aliphatic heterocycles. The number of fused-ring (bicyclic) bond motifs is 1. The second-order valence-corrected chi connectivity index (χ2v) is 7.54. The predicted molar refractivity (Wildman–Crippen MR) is 101 cm³/mol. The van der Waals surface area contributed by atoms with Gasteiger partial charge in [-0.05, 0) is 41.1 Å². The molecular formula is C16H13BrClN3O3S. The highest BCUT2D eigenvalue weighted by Gasteiger charge is 2.18. The number of ether oxygens (including phenoxy) is 1. The first kappa shape index (κ1) is 17.9. The van der Waals surface area contributed by atoms with Gasteiger partial charge in [0.2, 0.25) is 5.91 Å². The number of anilines is 1. The van der Waals surface area contributed by atoms with Crippen molar-refractivity contribution in [2.24, 2.45) is 0 Å². The number of halogens is 2. The highest BCUT2D eigenvalue weighted by molar-refractivity contribution is 9.10. The first-order chi connectivity index (χ1) is 11.9. The summed E-state index contributed by atoms with van der Waals surface area (Å²) in [5.41, 5.74) is 1.44. The number of hydrogen-bond acceptors (Lipinski definition) is 5. The van der Waals surface area contributed by atoms with E-state index in [1.165, 1.54) is 18.4 Å². The van der Waals surface area contributed by atoms with Crippen LogP contribution in [0.3, 0.4) is 0 Å². The van der Waals surface area contributed by atoms with Crippen LogP contribution in [0.1, 0.15) is 15.4 Å². The number of thiophene rings is 1. The molecule has 25 heavy (non-hydrogen) atoms. The lowest BCUT2D eigenvalue weighted by atomic mass is 10.2. The zero-order valence-corrected chi connectivity index (χ0v) is 16.5. The zero-order chi connectivity index (χ0) is 18.1. The van der Waals surface area contributed by atoms with Crippen molar-refractivity contribution in [2.45, 2.75) is 13.5 Å². The van der Waals surface area contributed by atoms with Crippen LogP contribution in [0.2, 0.25) is 5.02 Å². The first-order valence-electron chi connectivity index (χ1n) is 7.19. The van der Waals surface area contributed by atoms with E-state index in [1.807, 2.05) is 6.92 Å². The summed E-state index contributed by atoms with van der Waals surface area (Å²) in [6.07, 6.45) is 1.75. The third-order valence-electron chi connectivity index (χ3n) is 3.48. The zero-order valence-electron chi connectivity index (χ0n) is 13.3. The van der Waals surface area contributed by atoms with Gasteiger partial charge in [-0.25, -0.2) is 4.79 Å². The SMILES string of the molecule is COC(=O)c1sc2cc(NC(=O)Cn3cc(Br)c(C)n3)ccc2c1Cl. The molecule has 130 valence electrons. The van der Waals surface area contributed by atoms with E-state index in [0.717, 1.165) is 20.3 Å². The lowest BCUT2D eigenvalue weighted by molar-refractivity contribution is -0.116. The lowest BCUT2D eigenvalue weighted by Crippen LogP contribution is -2.19. The largest absolute Gasteiger partial charge is 0.465 e. The number of nitrogens with zero attached hydrogens (tertiary/aromatic N) is 2. The Balaban J connectivity index is 1.79. The molecule has 0 atom stereocenters. The van der Waals surface area contributed by atoms with E-state index in [9.17, 15) is 9.59 Å². The summed E-state index contributed by atoms with van der Waals surface area (Å²) in [5.74, 6) is -0.679. The molecule has 1 aromatic carbocycles. The summed E-state index contributed by atoms with van der Waals surface area (Å²) in [5, 5.41) is 8.15. The van der Waals surface area contributed by atoms with Crippen LogP contribution in [0.25, 0.3) is 10.1 Å². The Morgan fingerprint density at radius 3 is 2.84 bits per heavy atom. The number of nitrogens with one attached hydrogen (secondary N) is 1. The molecule has 0 aliphatic carbocycles. The van der Waals surface area contributed by atoms with E-state index >= 15 is 0 Å². The molecule has 0 radical (unpaired) electrons. The molecule has 3 rings (SSSR count). The maximum absolute atomic E-state index is 12.2. The Bertz CT molecular complexity index is 963. The summed E-state index contributed by atoms with van der Waals surface area (Å²) >= 11 is 10.8. The number of hydrogen-bond donors (Lipinski definition) is 1. The summed E-state index contributed by atoms with van der Waals surface area (Å²) in [6, 6.07) is 5.29. The number of aryl methyl sites for hydroxylation is 1. The average molecular weight is 443 g/mol. The van der Waals surface area contributed by atoms with Crippen LogP contribution >= 0.6 is 38.9 Å². The van der Waals surface area contributed by atoms with Crippen LogP contribution in [-0.2, 0) is 16.1 Å². The van der Waals surface area contributed by atoms with Gasteiger partial charge in [0.25, 0.3) is 0 Å². The van der Waals surface area contributed by atoms with Crippen LogP contribution in [0.4, 0.5) is 5.69 Å². The van der Waals surface area contributed by atoms with Gasteiger partial charge >= 0.3 is 5.97 Å². The van der Waals surface area contributed by atoms with Crippen molar-refractivity contribution in [3.63, 3.8) is 0 Å². The molecule has 0 saturated heterocycles. The highest BCUT2D eigenvalue weighted by Crippen LogP contribution is 2.37. The summed E-state index contributed by atoms with van der Waals surface area (Å²) in [6.45, 7) is 1.95. The van der Waals surface area contributed by atoms with E-state index in [4.69, 9.17) is 16.3 Å². The molecule has 1 N–H and O–H groups in total. The van der Waals surface area contributed by atoms with E-state index in [1.54, 1.807) is 29.1 Å². The van der Waals surface area contributed by atoms with Crippen LogP contribution in [-0.4, -0.2) is 28.8 Å². The Kier molecular flexibility index (Phi) is 5.12. The minimum absolute atomic E-state index is 0.100. The minimum Gasteiger partial charge on any atom is -0.465 e. The maximum Gasteiger partial charge on any atom is 0.349 e. The van der Waals surface area contributed by atoms with Gasteiger partial charge in [-0.15, -0.1) is 11.3 Å².